The largest absolute Gasteiger partial charge is 0.493 e. The number of carboxylic acids is 1. The van der Waals surface area contributed by atoms with E-state index in [-0.39, 0.29) is 5.69 Å². The summed E-state index contributed by atoms with van der Waals surface area (Å²) >= 11 is 0. The molecule has 0 unspecified atom stereocenters. The van der Waals surface area contributed by atoms with E-state index in [4.69, 9.17) is 9.47 Å². The van der Waals surface area contributed by atoms with Crippen molar-refractivity contribution in [2.24, 2.45) is 0 Å². The Hall–Kier alpha value is -3.09. The molecule has 0 atom stereocenters. The monoisotopic (exact) mass is 299 g/mol. The minimum atomic E-state index is -1.06. The zero-order valence-corrected chi connectivity index (χ0v) is 12.0. The first-order valence-corrected chi connectivity index (χ1v) is 6.45. The Morgan fingerprint density at radius 2 is 1.91 bits per heavy atom. The maximum atomic E-state index is 11.2. The van der Waals surface area contributed by atoms with Crippen LogP contribution in [0.1, 0.15) is 10.5 Å². The molecule has 3 aromatic rings. The molecular formula is C15H13N3O4. The van der Waals surface area contributed by atoms with Crippen LogP contribution < -0.4 is 9.47 Å². The fourth-order valence-electron chi connectivity index (χ4n) is 2.16. The van der Waals surface area contributed by atoms with Gasteiger partial charge in [-0.25, -0.2) is 14.3 Å². The molecule has 7 heteroatoms. The minimum absolute atomic E-state index is 0.0525. The number of carboxylic acid groups (broad SMARTS) is 1. The Kier molecular flexibility index (Phi) is 3.38. The maximum Gasteiger partial charge on any atom is 0.354 e. The minimum Gasteiger partial charge on any atom is -0.493 e. The van der Waals surface area contributed by atoms with Gasteiger partial charge in [-0.15, -0.1) is 5.10 Å². The average Bonchev–Trinajstić information content (AvgIpc) is 2.97. The van der Waals surface area contributed by atoms with Crippen LogP contribution >= 0.6 is 0 Å². The summed E-state index contributed by atoms with van der Waals surface area (Å²) in [6.07, 6.45) is 0. The van der Waals surface area contributed by atoms with Crippen LogP contribution in [0.3, 0.4) is 0 Å². The van der Waals surface area contributed by atoms with Crippen molar-refractivity contribution in [2.75, 3.05) is 14.2 Å². The summed E-state index contributed by atoms with van der Waals surface area (Å²) in [5, 5.41) is 13.5. The van der Waals surface area contributed by atoms with Crippen LogP contribution in [0.2, 0.25) is 0 Å². The lowest BCUT2D eigenvalue weighted by atomic mass is 10.2. The smallest absolute Gasteiger partial charge is 0.354 e. The molecule has 2 aromatic heterocycles. The Balaban J connectivity index is 2.15. The van der Waals surface area contributed by atoms with Crippen molar-refractivity contribution in [3.63, 3.8) is 0 Å². The van der Waals surface area contributed by atoms with Crippen molar-refractivity contribution in [2.45, 2.75) is 0 Å². The predicted octanol–water partition coefficient (Wildman–Crippen LogP) is 2.11. The highest BCUT2D eigenvalue weighted by Crippen LogP contribution is 2.31. The second kappa shape index (κ2) is 5.36. The first kappa shape index (κ1) is 13.9. The molecule has 0 fully saturated rings. The molecule has 0 spiro atoms. The van der Waals surface area contributed by atoms with E-state index in [0.29, 0.717) is 28.5 Å². The molecule has 0 bridgehead atoms. The van der Waals surface area contributed by atoms with E-state index in [1.807, 2.05) is 0 Å². The summed E-state index contributed by atoms with van der Waals surface area (Å²) in [6.45, 7) is 0. The van der Waals surface area contributed by atoms with E-state index in [1.165, 1.54) is 10.6 Å². The van der Waals surface area contributed by atoms with Gasteiger partial charge >= 0.3 is 5.97 Å². The van der Waals surface area contributed by atoms with Gasteiger partial charge in [0.15, 0.2) is 28.7 Å². The zero-order chi connectivity index (χ0) is 15.7. The van der Waals surface area contributed by atoms with Crippen LogP contribution in [-0.4, -0.2) is 39.9 Å². The molecule has 22 heavy (non-hydrogen) atoms. The van der Waals surface area contributed by atoms with Gasteiger partial charge in [0.25, 0.3) is 0 Å². The molecule has 0 aliphatic heterocycles. The molecule has 1 aromatic carbocycles. The molecule has 0 saturated heterocycles. The van der Waals surface area contributed by atoms with Crippen molar-refractivity contribution in [3.8, 4) is 22.9 Å². The molecule has 0 radical (unpaired) electrons. The van der Waals surface area contributed by atoms with Gasteiger partial charge in [0.2, 0.25) is 0 Å². The van der Waals surface area contributed by atoms with Crippen LogP contribution in [0.5, 0.6) is 11.5 Å². The molecule has 3 rings (SSSR count). The fourth-order valence-corrected chi connectivity index (χ4v) is 2.16. The first-order valence-electron chi connectivity index (χ1n) is 6.45. The van der Waals surface area contributed by atoms with Gasteiger partial charge in [0.05, 0.1) is 14.2 Å². The number of carbonyl (C=O) groups is 1. The van der Waals surface area contributed by atoms with Crippen LogP contribution in [0, 0.1) is 0 Å². The lowest BCUT2D eigenvalue weighted by molar-refractivity contribution is 0.0687. The van der Waals surface area contributed by atoms with Crippen LogP contribution in [-0.2, 0) is 0 Å². The summed E-state index contributed by atoms with van der Waals surface area (Å²) in [4.78, 5) is 15.6. The number of fused-ring (bicyclic) bond motifs is 1. The van der Waals surface area contributed by atoms with E-state index >= 15 is 0 Å². The number of aromatic carboxylic acids is 1. The Bertz CT molecular complexity index is 857. The van der Waals surface area contributed by atoms with E-state index in [9.17, 15) is 9.90 Å². The van der Waals surface area contributed by atoms with Crippen molar-refractivity contribution in [1.29, 1.82) is 0 Å². The molecule has 0 saturated carbocycles. The molecule has 0 amide bonds. The van der Waals surface area contributed by atoms with Gasteiger partial charge in [-0.2, -0.15) is 0 Å². The summed E-state index contributed by atoms with van der Waals surface area (Å²) in [5.74, 6) is 0.502. The van der Waals surface area contributed by atoms with Crippen molar-refractivity contribution >= 4 is 11.6 Å². The molecule has 112 valence electrons. The second-order valence-corrected chi connectivity index (χ2v) is 4.49. The lowest BCUT2D eigenvalue weighted by Crippen LogP contribution is -2.05. The Morgan fingerprint density at radius 3 is 2.59 bits per heavy atom. The predicted molar refractivity (Wildman–Crippen MR) is 78.5 cm³/mol. The third kappa shape index (κ3) is 2.22. The van der Waals surface area contributed by atoms with Crippen molar-refractivity contribution in [3.05, 3.63) is 42.1 Å². The van der Waals surface area contributed by atoms with E-state index in [1.54, 1.807) is 44.6 Å². The molecule has 0 aliphatic rings. The number of methoxy groups -OCH3 is 2. The average molecular weight is 299 g/mol. The Labute approximate surface area is 125 Å². The third-order valence-electron chi connectivity index (χ3n) is 3.22. The van der Waals surface area contributed by atoms with Crippen LogP contribution in [0.25, 0.3) is 17.0 Å². The van der Waals surface area contributed by atoms with Crippen molar-refractivity contribution < 1.29 is 19.4 Å². The summed E-state index contributed by atoms with van der Waals surface area (Å²) in [5.41, 5.74) is 1.22. The van der Waals surface area contributed by atoms with Gasteiger partial charge in [0.1, 0.15) is 0 Å². The summed E-state index contributed by atoms with van der Waals surface area (Å²) in [6, 6.07) is 10.1. The summed E-state index contributed by atoms with van der Waals surface area (Å²) < 4.78 is 11.7. The Morgan fingerprint density at radius 1 is 1.14 bits per heavy atom. The normalized spacial score (nSPS) is 10.6. The number of hydrogen-bond donors (Lipinski definition) is 1. The lowest BCUT2D eigenvalue weighted by Gasteiger charge is -2.07. The standard InChI is InChI=1S/C15H13N3O4/c1-21-11-7-6-9(8-12(11)22-2)14-16-13-5-3-4-10(15(19)20)18(13)17-14/h3-8H,1-2H3,(H,19,20). The van der Waals surface area contributed by atoms with Gasteiger partial charge in [-0.05, 0) is 30.3 Å². The molecular weight excluding hydrogens is 286 g/mol. The quantitative estimate of drug-likeness (QED) is 0.794. The molecule has 7 nitrogen and oxygen atoms in total. The zero-order valence-electron chi connectivity index (χ0n) is 12.0. The van der Waals surface area contributed by atoms with Crippen LogP contribution in [0.15, 0.2) is 36.4 Å². The number of pyridine rings is 1. The van der Waals surface area contributed by atoms with Gasteiger partial charge in [0, 0.05) is 5.56 Å². The number of aromatic nitrogens is 3. The first-order chi connectivity index (χ1) is 10.6. The van der Waals surface area contributed by atoms with Gasteiger partial charge < -0.3 is 14.6 Å². The molecule has 0 aliphatic carbocycles. The highest BCUT2D eigenvalue weighted by atomic mass is 16.5. The summed E-state index contributed by atoms with van der Waals surface area (Å²) in [7, 11) is 3.10. The topological polar surface area (TPSA) is 86.0 Å². The van der Waals surface area contributed by atoms with E-state index in [0.717, 1.165) is 0 Å². The van der Waals surface area contributed by atoms with Crippen molar-refractivity contribution in [1.82, 2.24) is 14.6 Å². The van der Waals surface area contributed by atoms with Gasteiger partial charge in [-0.1, -0.05) is 6.07 Å². The molecule has 1 N–H and O–H groups in total. The number of ether oxygens (including phenoxy) is 2. The number of benzene rings is 1. The highest BCUT2D eigenvalue weighted by molar-refractivity contribution is 5.86. The second-order valence-electron chi connectivity index (χ2n) is 4.49. The third-order valence-corrected chi connectivity index (χ3v) is 3.22. The van der Waals surface area contributed by atoms with Crippen LogP contribution in [0.4, 0.5) is 0 Å². The van der Waals surface area contributed by atoms with Gasteiger partial charge in [-0.3, -0.25) is 0 Å². The number of nitrogens with zero attached hydrogens (tertiary/aromatic N) is 3. The van der Waals surface area contributed by atoms with E-state index < -0.39 is 5.97 Å². The molecule has 2 heterocycles. The number of rotatable bonds is 4. The van der Waals surface area contributed by atoms with E-state index in [2.05, 4.69) is 10.1 Å². The fraction of sp³-hybridized carbons (Fsp3) is 0.133. The highest BCUT2D eigenvalue weighted by Gasteiger charge is 2.14. The maximum absolute atomic E-state index is 11.2. The SMILES string of the molecule is COc1ccc(-c2nc3cccc(C(=O)O)n3n2)cc1OC. The number of hydrogen-bond acceptors (Lipinski definition) is 5.